The highest BCUT2D eigenvalue weighted by molar-refractivity contribution is 5.85. The number of hydrogen-bond donors (Lipinski definition) is 0. The molecule has 0 radical (unpaired) electrons. The summed E-state index contributed by atoms with van der Waals surface area (Å²) >= 11 is 0. The number of halogens is 3. The van der Waals surface area contributed by atoms with Gasteiger partial charge in [-0.05, 0) is 24.3 Å². The van der Waals surface area contributed by atoms with Gasteiger partial charge < -0.3 is 4.74 Å². The van der Waals surface area contributed by atoms with Crippen LogP contribution in [0.15, 0.2) is 29.3 Å². The molecule has 0 unspecified atom stereocenters. The molecular formula is C10H8F3NO. The van der Waals surface area contributed by atoms with E-state index >= 15 is 0 Å². The third-order valence-corrected chi connectivity index (χ3v) is 2.06. The Bertz CT molecular complexity index is 386. The van der Waals surface area contributed by atoms with Gasteiger partial charge in [0, 0.05) is 5.56 Å². The lowest BCUT2D eigenvalue weighted by atomic mass is 10.1. The van der Waals surface area contributed by atoms with E-state index in [0.29, 0.717) is 0 Å². The summed E-state index contributed by atoms with van der Waals surface area (Å²) in [6, 6.07) is 4.02. The third-order valence-electron chi connectivity index (χ3n) is 2.06. The summed E-state index contributed by atoms with van der Waals surface area (Å²) in [5.41, 5.74) is -0.315. The van der Waals surface area contributed by atoms with E-state index in [2.05, 4.69) is 4.99 Å². The van der Waals surface area contributed by atoms with Gasteiger partial charge in [0.05, 0.1) is 6.54 Å². The molecule has 15 heavy (non-hydrogen) atoms. The fourth-order valence-corrected chi connectivity index (χ4v) is 1.31. The Morgan fingerprint density at radius 1 is 1.20 bits per heavy atom. The van der Waals surface area contributed by atoms with Gasteiger partial charge in [-0.1, -0.05) is 0 Å². The van der Waals surface area contributed by atoms with Crippen LogP contribution in [-0.2, 0) is 10.7 Å². The van der Waals surface area contributed by atoms with Crippen molar-refractivity contribution in [3.8, 4) is 0 Å². The number of aliphatic imine (C=N–C) groups is 1. The lowest BCUT2D eigenvalue weighted by molar-refractivity contribution is 0.0488. The quantitative estimate of drug-likeness (QED) is 0.742. The molecule has 0 saturated heterocycles. The minimum atomic E-state index is -3.27. The van der Waals surface area contributed by atoms with Crippen LogP contribution in [0.2, 0.25) is 0 Å². The van der Waals surface area contributed by atoms with E-state index in [1.54, 1.807) is 0 Å². The summed E-state index contributed by atoms with van der Waals surface area (Å²) in [4.78, 5) is 3.56. The van der Waals surface area contributed by atoms with Gasteiger partial charge >= 0.3 is 5.92 Å². The monoisotopic (exact) mass is 215 g/mol. The molecule has 1 aromatic rings. The van der Waals surface area contributed by atoms with Crippen molar-refractivity contribution < 1.29 is 17.9 Å². The summed E-state index contributed by atoms with van der Waals surface area (Å²) in [6.45, 7) is 0.415. The summed E-state index contributed by atoms with van der Waals surface area (Å²) in [5, 5.41) is 0. The van der Waals surface area contributed by atoms with Crippen LogP contribution in [-0.4, -0.2) is 19.0 Å². The van der Waals surface area contributed by atoms with Gasteiger partial charge in [-0.25, -0.2) is 9.38 Å². The van der Waals surface area contributed by atoms with Gasteiger partial charge in [0.2, 0.25) is 0 Å². The predicted octanol–water partition coefficient (Wildman–Crippen LogP) is 2.35. The highest BCUT2D eigenvalue weighted by Gasteiger charge is 2.41. The zero-order valence-corrected chi connectivity index (χ0v) is 7.71. The van der Waals surface area contributed by atoms with E-state index in [1.807, 2.05) is 0 Å². The molecule has 5 heteroatoms. The Morgan fingerprint density at radius 2 is 1.87 bits per heavy atom. The van der Waals surface area contributed by atoms with Crippen LogP contribution in [0.4, 0.5) is 13.2 Å². The molecule has 80 valence electrons. The van der Waals surface area contributed by atoms with Crippen LogP contribution >= 0.6 is 0 Å². The van der Waals surface area contributed by atoms with Crippen molar-refractivity contribution in [1.82, 2.24) is 0 Å². The average Bonchev–Trinajstić information content (AvgIpc) is 2.71. The molecule has 2 rings (SSSR count). The van der Waals surface area contributed by atoms with Crippen LogP contribution in [0.1, 0.15) is 5.56 Å². The second kappa shape index (κ2) is 3.56. The SMILES string of the molecule is Fc1ccc(C(F)(F)C2=NCCO2)cc1. The number of rotatable bonds is 2. The van der Waals surface area contributed by atoms with Gasteiger partial charge in [0.25, 0.3) is 5.90 Å². The Kier molecular flexibility index (Phi) is 2.38. The Morgan fingerprint density at radius 3 is 2.40 bits per heavy atom. The van der Waals surface area contributed by atoms with Crippen LogP contribution in [0, 0.1) is 5.82 Å². The lowest BCUT2D eigenvalue weighted by Gasteiger charge is -2.15. The fourth-order valence-electron chi connectivity index (χ4n) is 1.31. The van der Waals surface area contributed by atoms with Crippen LogP contribution in [0.25, 0.3) is 0 Å². The van der Waals surface area contributed by atoms with Crippen molar-refractivity contribution in [1.29, 1.82) is 0 Å². The van der Waals surface area contributed by atoms with Gasteiger partial charge in [-0.15, -0.1) is 0 Å². The van der Waals surface area contributed by atoms with Crippen molar-refractivity contribution >= 4 is 5.90 Å². The van der Waals surface area contributed by atoms with E-state index in [-0.39, 0.29) is 18.7 Å². The summed E-state index contributed by atoms with van der Waals surface area (Å²) < 4.78 is 44.5. The average molecular weight is 215 g/mol. The van der Waals surface area contributed by atoms with Crippen molar-refractivity contribution in [3.05, 3.63) is 35.6 Å². The first-order valence-electron chi connectivity index (χ1n) is 4.42. The molecule has 0 aliphatic carbocycles. The second-order valence-corrected chi connectivity index (χ2v) is 3.12. The Balaban J connectivity index is 2.32. The fraction of sp³-hybridized carbons (Fsp3) is 0.300. The van der Waals surface area contributed by atoms with Crippen molar-refractivity contribution in [2.45, 2.75) is 5.92 Å². The number of nitrogens with zero attached hydrogens (tertiary/aromatic N) is 1. The largest absolute Gasteiger partial charge is 0.474 e. The van der Waals surface area contributed by atoms with E-state index in [0.717, 1.165) is 24.3 Å². The van der Waals surface area contributed by atoms with Crippen LogP contribution in [0.3, 0.4) is 0 Å². The predicted molar refractivity (Wildman–Crippen MR) is 48.5 cm³/mol. The molecule has 0 atom stereocenters. The van der Waals surface area contributed by atoms with Gasteiger partial charge in [-0.2, -0.15) is 8.78 Å². The summed E-state index contributed by atoms with van der Waals surface area (Å²) in [7, 11) is 0. The highest BCUT2D eigenvalue weighted by Crippen LogP contribution is 2.31. The standard InChI is InChI=1S/C10H8F3NO/c11-8-3-1-7(2-4-8)10(12,13)9-14-5-6-15-9/h1-4H,5-6H2. The first-order chi connectivity index (χ1) is 7.10. The molecule has 0 saturated carbocycles. The number of ether oxygens (including phenoxy) is 1. The van der Waals surface area contributed by atoms with Gasteiger partial charge in [0.1, 0.15) is 12.4 Å². The molecule has 0 spiro atoms. The molecule has 0 bridgehead atoms. The maximum atomic E-state index is 13.6. The molecule has 0 N–H and O–H groups in total. The normalized spacial score (nSPS) is 16.1. The zero-order chi connectivity index (χ0) is 10.9. The van der Waals surface area contributed by atoms with Crippen molar-refractivity contribution in [2.24, 2.45) is 4.99 Å². The molecule has 2 nitrogen and oxygen atoms in total. The minimum absolute atomic E-state index is 0.173. The second-order valence-electron chi connectivity index (χ2n) is 3.12. The summed E-state index contributed by atoms with van der Waals surface area (Å²) in [5.74, 6) is -4.41. The van der Waals surface area contributed by atoms with E-state index in [4.69, 9.17) is 4.74 Å². The lowest BCUT2D eigenvalue weighted by Crippen LogP contribution is -2.26. The smallest absolute Gasteiger partial charge is 0.346 e. The molecule has 0 amide bonds. The summed E-state index contributed by atoms with van der Waals surface area (Å²) in [6.07, 6.45) is 0. The van der Waals surface area contributed by atoms with E-state index in [9.17, 15) is 13.2 Å². The zero-order valence-electron chi connectivity index (χ0n) is 7.71. The van der Waals surface area contributed by atoms with Crippen molar-refractivity contribution in [3.63, 3.8) is 0 Å². The minimum Gasteiger partial charge on any atom is -0.474 e. The number of benzene rings is 1. The molecule has 1 aliphatic rings. The van der Waals surface area contributed by atoms with Crippen LogP contribution < -0.4 is 0 Å². The molecule has 1 heterocycles. The topological polar surface area (TPSA) is 21.6 Å². The number of alkyl halides is 2. The highest BCUT2D eigenvalue weighted by atomic mass is 19.3. The number of hydrogen-bond acceptors (Lipinski definition) is 2. The molecule has 0 fully saturated rings. The Labute approximate surface area is 84.4 Å². The third kappa shape index (κ3) is 1.82. The maximum absolute atomic E-state index is 13.6. The van der Waals surface area contributed by atoms with Gasteiger partial charge in [-0.3, -0.25) is 0 Å². The Hall–Kier alpha value is -1.52. The van der Waals surface area contributed by atoms with Gasteiger partial charge in [0.15, 0.2) is 0 Å². The van der Waals surface area contributed by atoms with E-state index in [1.165, 1.54) is 0 Å². The molecule has 1 aromatic carbocycles. The van der Waals surface area contributed by atoms with E-state index < -0.39 is 17.6 Å². The van der Waals surface area contributed by atoms with Crippen LogP contribution in [0.5, 0.6) is 0 Å². The first kappa shape index (κ1) is 10.0. The molecular weight excluding hydrogens is 207 g/mol. The van der Waals surface area contributed by atoms with Crippen molar-refractivity contribution in [2.75, 3.05) is 13.2 Å². The maximum Gasteiger partial charge on any atom is 0.346 e. The first-order valence-corrected chi connectivity index (χ1v) is 4.42. The molecule has 0 aromatic heterocycles. The molecule has 1 aliphatic heterocycles.